The molecule has 0 saturated heterocycles. The Kier molecular flexibility index (Phi) is 12.0. The number of pyridine rings is 1. The van der Waals surface area contributed by atoms with Crippen molar-refractivity contribution in [3.05, 3.63) is 147 Å². The molecule has 0 unspecified atom stereocenters. The van der Waals surface area contributed by atoms with E-state index in [1.54, 1.807) is 54.6 Å². The molecule has 0 bridgehead atoms. The number of amides is 1. The highest BCUT2D eigenvalue weighted by atomic mass is 35.5. The van der Waals surface area contributed by atoms with Crippen LogP contribution in [0.1, 0.15) is 50.3 Å². The zero-order chi connectivity index (χ0) is 35.6. The SMILES string of the molecule is COc1cc(COc2cccc([C@@H](NC(=O)O)c3ccccc3)c2)cc(C(=O)O[C@@H](Cc2c(Cl)cncc2Cl)c2ccc(OC)c(OC)c2)c1. The van der Waals surface area contributed by atoms with E-state index in [1.165, 1.54) is 33.7 Å². The Labute approximate surface area is 299 Å². The van der Waals surface area contributed by atoms with Gasteiger partial charge in [-0.2, -0.15) is 0 Å². The zero-order valence-corrected chi connectivity index (χ0v) is 28.9. The van der Waals surface area contributed by atoms with Crippen LogP contribution in [0.15, 0.2) is 103 Å². The number of hydrogen-bond acceptors (Lipinski definition) is 8. The van der Waals surface area contributed by atoms with E-state index in [2.05, 4.69) is 10.3 Å². The molecule has 5 aromatic rings. The van der Waals surface area contributed by atoms with Crippen molar-refractivity contribution in [1.29, 1.82) is 0 Å². The Morgan fingerprint density at radius 2 is 1.48 bits per heavy atom. The molecule has 0 saturated carbocycles. The quantitative estimate of drug-likeness (QED) is 0.109. The maximum Gasteiger partial charge on any atom is 0.405 e. The lowest BCUT2D eigenvalue weighted by molar-refractivity contribution is 0.0296. The van der Waals surface area contributed by atoms with Crippen molar-refractivity contribution in [2.45, 2.75) is 25.2 Å². The lowest BCUT2D eigenvalue weighted by atomic mass is 9.98. The van der Waals surface area contributed by atoms with Gasteiger partial charge in [-0.15, -0.1) is 0 Å². The maximum atomic E-state index is 13.8. The number of nitrogens with one attached hydrogen (secondary N) is 1. The van der Waals surface area contributed by atoms with Crippen molar-refractivity contribution in [3.63, 3.8) is 0 Å². The number of aromatic nitrogens is 1. The summed E-state index contributed by atoms with van der Waals surface area (Å²) in [6.45, 7) is 0.0740. The van der Waals surface area contributed by atoms with Crippen LogP contribution in [0.25, 0.3) is 0 Å². The Balaban J connectivity index is 1.39. The van der Waals surface area contributed by atoms with Gasteiger partial charge >= 0.3 is 12.1 Å². The summed E-state index contributed by atoms with van der Waals surface area (Å²) in [6, 6.07) is 26.0. The first kappa shape index (κ1) is 35.8. The van der Waals surface area contributed by atoms with E-state index in [-0.39, 0.29) is 18.6 Å². The van der Waals surface area contributed by atoms with Crippen molar-refractivity contribution in [2.24, 2.45) is 0 Å². The van der Waals surface area contributed by atoms with E-state index in [9.17, 15) is 14.7 Å². The maximum absolute atomic E-state index is 13.8. The molecular formula is C38H34Cl2N2O8. The van der Waals surface area contributed by atoms with E-state index >= 15 is 0 Å². The van der Waals surface area contributed by atoms with Gasteiger partial charge in [0.05, 0.1) is 43.0 Å². The largest absolute Gasteiger partial charge is 0.497 e. The number of halogens is 2. The predicted octanol–water partition coefficient (Wildman–Crippen LogP) is 8.49. The molecular weight excluding hydrogens is 683 g/mol. The first-order valence-corrected chi connectivity index (χ1v) is 16.1. The second-order valence-electron chi connectivity index (χ2n) is 11.0. The number of methoxy groups -OCH3 is 3. The molecule has 1 heterocycles. The normalized spacial score (nSPS) is 11.9. The van der Waals surface area contributed by atoms with Gasteiger partial charge in [0.2, 0.25) is 0 Å². The average Bonchev–Trinajstić information content (AvgIpc) is 3.13. The molecule has 0 fully saturated rings. The van der Waals surface area contributed by atoms with E-state index in [4.69, 9.17) is 46.9 Å². The number of carbonyl (C=O) groups is 2. The minimum absolute atomic E-state index is 0.0740. The van der Waals surface area contributed by atoms with Crippen LogP contribution in [0.3, 0.4) is 0 Å². The monoisotopic (exact) mass is 716 g/mol. The molecule has 0 radical (unpaired) electrons. The van der Waals surface area contributed by atoms with Crippen molar-refractivity contribution < 1.29 is 38.4 Å². The van der Waals surface area contributed by atoms with E-state index < -0.39 is 24.2 Å². The lowest BCUT2D eigenvalue weighted by Gasteiger charge is -2.21. The summed E-state index contributed by atoms with van der Waals surface area (Å²) in [4.78, 5) is 29.4. The molecule has 2 N–H and O–H groups in total. The van der Waals surface area contributed by atoms with Crippen molar-refractivity contribution in [3.8, 4) is 23.0 Å². The fraction of sp³-hybridized carbons (Fsp3) is 0.184. The van der Waals surface area contributed by atoms with E-state index in [0.717, 1.165) is 5.56 Å². The predicted molar refractivity (Wildman–Crippen MR) is 189 cm³/mol. The molecule has 258 valence electrons. The van der Waals surface area contributed by atoms with Crippen LogP contribution in [0, 0.1) is 0 Å². The van der Waals surface area contributed by atoms with Crippen LogP contribution in [0.2, 0.25) is 10.0 Å². The van der Waals surface area contributed by atoms with Gasteiger partial charge < -0.3 is 34.1 Å². The molecule has 1 amide bonds. The molecule has 12 heteroatoms. The summed E-state index contributed by atoms with van der Waals surface area (Å²) in [5.41, 5.74) is 3.52. The summed E-state index contributed by atoms with van der Waals surface area (Å²) in [5.74, 6) is 1.26. The fourth-order valence-corrected chi connectivity index (χ4v) is 5.87. The minimum atomic E-state index is -1.15. The molecule has 0 aliphatic rings. The fourth-order valence-electron chi connectivity index (χ4n) is 5.35. The second-order valence-corrected chi connectivity index (χ2v) is 11.8. The summed E-state index contributed by atoms with van der Waals surface area (Å²) in [7, 11) is 4.55. The summed E-state index contributed by atoms with van der Waals surface area (Å²) >= 11 is 12.9. The van der Waals surface area contributed by atoms with Gasteiger partial charge in [0.25, 0.3) is 0 Å². The molecule has 50 heavy (non-hydrogen) atoms. The van der Waals surface area contributed by atoms with Crippen LogP contribution < -0.4 is 24.3 Å². The minimum Gasteiger partial charge on any atom is -0.497 e. The molecule has 0 aliphatic heterocycles. The highest BCUT2D eigenvalue weighted by Gasteiger charge is 2.24. The van der Waals surface area contributed by atoms with Gasteiger partial charge in [0, 0.05) is 18.8 Å². The third-order valence-electron chi connectivity index (χ3n) is 7.81. The van der Waals surface area contributed by atoms with Gasteiger partial charge in [-0.25, -0.2) is 9.59 Å². The van der Waals surface area contributed by atoms with Crippen molar-refractivity contribution in [2.75, 3.05) is 21.3 Å². The van der Waals surface area contributed by atoms with Crippen molar-refractivity contribution >= 4 is 35.3 Å². The third kappa shape index (κ3) is 8.96. The second kappa shape index (κ2) is 16.8. The highest BCUT2D eigenvalue weighted by Crippen LogP contribution is 2.36. The molecule has 2 atom stereocenters. The molecule has 5 rings (SSSR count). The summed E-state index contributed by atoms with van der Waals surface area (Å²) < 4.78 is 28.6. The molecule has 1 aromatic heterocycles. The standard InChI is InChI=1S/C38H34Cl2N2O8/c1-46-29-15-23(22-49-28-11-7-10-26(16-28)36(42-38(44)45)24-8-5-4-6-9-24)14-27(17-29)37(43)50-34(19-30-31(39)20-41-21-32(30)40)25-12-13-33(47-2)35(18-25)48-3/h4-18,20-21,34,36,42H,19,22H2,1-3H3,(H,44,45)/t34-,36-/m0/s1. The van der Waals surface area contributed by atoms with Gasteiger partial charge in [-0.1, -0.05) is 71.7 Å². The van der Waals surface area contributed by atoms with Gasteiger partial charge in [-0.3, -0.25) is 4.98 Å². The van der Waals surface area contributed by atoms with E-state index in [1.807, 2.05) is 36.4 Å². The Morgan fingerprint density at radius 1 is 0.760 bits per heavy atom. The van der Waals surface area contributed by atoms with Gasteiger partial charge in [0.1, 0.15) is 24.2 Å². The Bertz CT molecular complexity index is 1940. The number of carbonyl (C=O) groups excluding carboxylic acids is 1. The van der Waals surface area contributed by atoms with E-state index in [0.29, 0.717) is 55.3 Å². The van der Waals surface area contributed by atoms with Crippen molar-refractivity contribution in [1.82, 2.24) is 10.3 Å². The van der Waals surface area contributed by atoms with Crippen LogP contribution in [-0.4, -0.2) is 43.5 Å². The number of ether oxygens (including phenoxy) is 5. The Morgan fingerprint density at radius 3 is 2.16 bits per heavy atom. The highest BCUT2D eigenvalue weighted by molar-refractivity contribution is 6.35. The average molecular weight is 718 g/mol. The van der Waals surface area contributed by atoms with Crippen LogP contribution in [-0.2, 0) is 17.8 Å². The molecule has 10 nitrogen and oxygen atoms in total. The summed E-state index contributed by atoms with van der Waals surface area (Å²) in [6.07, 6.45) is 1.13. The number of carboxylic acid groups (broad SMARTS) is 1. The Hall–Kier alpha value is -5.45. The zero-order valence-electron chi connectivity index (χ0n) is 27.4. The first-order valence-electron chi connectivity index (χ1n) is 15.3. The number of hydrogen-bond donors (Lipinski definition) is 2. The molecule has 0 spiro atoms. The van der Waals surface area contributed by atoms with Gasteiger partial charge in [0.15, 0.2) is 11.5 Å². The van der Waals surface area contributed by atoms with Gasteiger partial charge in [-0.05, 0) is 70.3 Å². The molecule has 0 aliphatic carbocycles. The number of rotatable bonds is 14. The number of esters is 1. The van der Waals surface area contributed by atoms with Crippen LogP contribution >= 0.6 is 23.2 Å². The van der Waals surface area contributed by atoms with Crippen LogP contribution in [0.5, 0.6) is 23.0 Å². The molecule has 4 aromatic carbocycles. The number of nitrogens with zero attached hydrogens (tertiary/aromatic N) is 1. The summed E-state index contributed by atoms with van der Waals surface area (Å²) in [5, 5.41) is 12.7. The van der Waals surface area contributed by atoms with Crippen LogP contribution in [0.4, 0.5) is 4.79 Å². The first-order chi connectivity index (χ1) is 24.2. The lowest BCUT2D eigenvalue weighted by Crippen LogP contribution is -2.27. The smallest absolute Gasteiger partial charge is 0.405 e. The third-order valence-corrected chi connectivity index (χ3v) is 8.46. The number of benzene rings is 4. The topological polar surface area (TPSA) is 125 Å².